The van der Waals surface area contributed by atoms with Gasteiger partial charge in [0.2, 0.25) is 0 Å². The Kier molecular flexibility index (Phi) is 4.04. The van der Waals surface area contributed by atoms with Crippen molar-refractivity contribution in [3.63, 3.8) is 0 Å². The molecule has 0 bridgehead atoms. The van der Waals surface area contributed by atoms with E-state index >= 15 is 0 Å². The molecule has 2 rings (SSSR count). The lowest BCUT2D eigenvalue weighted by Crippen LogP contribution is -2.28. The molecule has 4 nitrogen and oxygen atoms in total. The van der Waals surface area contributed by atoms with E-state index < -0.39 is 22.3 Å². The highest BCUT2D eigenvalue weighted by Crippen LogP contribution is 2.25. The summed E-state index contributed by atoms with van der Waals surface area (Å²) in [6.45, 7) is 1.90. The number of aliphatic hydroxyl groups excluding tert-OH is 1. The quantitative estimate of drug-likeness (QED) is 0.853. The zero-order valence-electron chi connectivity index (χ0n) is 10.4. The lowest BCUT2D eigenvalue weighted by molar-refractivity contribution is 0.0571. The van der Waals surface area contributed by atoms with Crippen molar-refractivity contribution in [3.05, 3.63) is 29.8 Å². The second kappa shape index (κ2) is 5.38. The molecule has 1 N–H and O–H groups in total. The van der Waals surface area contributed by atoms with Gasteiger partial charge in [-0.05, 0) is 38.3 Å². The number of rotatable bonds is 3. The minimum atomic E-state index is -3.71. The van der Waals surface area contributed by atoms with Crippen molar-refractivity contribution >= 4 is 10.1 Å². The molecule has 2 atom stereocenters. The van der Waals surface area contributed by atoms with E-state index in [1.165, 1.54) is 0 Å². The van der Waals surface area contributed by atoms with Crippen molar-refractivity contribution in [1.29, 1.82) is 0 Å². The summed E-state index contributed by atoms with van der Waals surface area (Å²) < 4.78 is 29.2. The van der Waals surface area contributed by atoms with E-state index in [4.69, 9.17) is 4.18 Å². The van der Waals surface area contributed by atoms with Crippen LogP contribution in [0.3, 0.4) is 0 Å². The lowest BCUT2D eigenvalue weighted by Gasteiger charge is -2.25. The first-order chi connectivity index (χ1) is 8.47. The molecule has 1 saturated carbocycles. The molecule has 100 valence electrons. The van der Waals surface area contributed by atoms with Crippen LogP contribution in [0.25, 0.3) is 0 Å². The van der Waals surface area contributed by atoms with E-state index in [9.17, 15) is 13.5 Å². The Labute approximate surface area is 108 Å². The minimum Gasteiger partial charge on any atom is -0.393 e. The maximum Gasteiger partial charge on any atom is 0.297 e. The molecule has 0 aromatic heterocycles. The molecular weight excluding hydrogens is 252 g/mol. The first kappa shape index (κ1) is 13.5. The van der Waals surface area contributed by atoms with Crippen molar-refractivity contribution < 1.29 is 17.7 Å². The van der Waals surface area contributed by atoms with Gasteiger partial charge in [0.1, 0.15) is 0 Å². The fraction of sp³-hybridized carbons (Fsp3) is 0.538. The van der Waals surface area contributed by atoms with Crippen LogP contribution in [0.5, 0.6) is 0 Å². The maximum absolute atomic E-state index is 12.0. The Bertz CT molecular complexity index is 492. The fourth-order valence-electron chi connectivity index (χ4n) is 2.15. The molecular formula is C13H18O4S. The summed E-state index contributed by atoms with van der Waals surface area (Å²) >= 11 is 0. The van der Waals surface area contributed by atoms with Gasteiger partial charge in [-0.2, -0.15) is 8.42 Å². The van der Waals surface area contributed by atoms with E-state index in [-0.39, 0.29) is 4.90 Å². The van der Waals surface area contributed by atoms with Crippen molar-refractivity contribution in [2.45, 2.75) is 49.7 Å². The predicted molar refractivity (Wildman–Crippen MR) is 67.7 cm³/mol. The summed E-state index contributed by atoms with van der Waals surface area (Å²) in [5, 5.41) is 9.51. The second-order valence-electron chi connectivity index (χ2n) is 4.81. The van der Waals surface area contributed by atoms with Gasteiger partial charge in [-0.3, -0.25) is 4.18 Å². The van der Waals surface area contributed by atoms with E-state index in [2.05, 4.69) is 0 Å². The topological polar surface area (TPSA) is 63.6 Å². The highest BCUT2D eigenvalue weighted by atomic mass is 32.2. The third-order valence-corrected chi connectivity index (χ3v) is 4.55. The van der Waals surface area contributed by atoms with Gasteiger partial charge >= 0.3 is 0 Å². The lowest BCUT2D eigenvalue weighted by atomic mass is 9.95. The fourth-order valence-corrected chi connectivity index (χ4v) is 3.26. The monoisotopic (exact) mass is 270 g/mol. The second-order valence-corrected chi connectivity index (χ2v) is 6.38. The average Bonchev–Trinajstić information content (AvgIpc) is 2.29. The molecule has 5 heteroatoms. The Balaban J connectivity index is 2.09. The van der Waals surface area contributed by atoms with Gasteiger partial charge in [0.25, 0.3) is 10.1 Å². The van der Waals surface area contributed by atoms with E-state index in [0.717, 1.165) is 18.4 Å². The largest absolute Gasteiger partial charge is 0.393 e. The standard InChI is InChI=1S/C13H18O4S/c1-10-5-7-13(8-6-10)18(15,16)17-12-4-2-3-11(14)9-12/h5-8,11-12,14H,2-4,9H2,1H3/t11-,12-/m1/s1. The Morgan fingerprint density at radius 3 is 2.50 bits per heavy atom. The average molecular weight is 270 g/mol. The maximum atomic E-state index is 12.0. The van der Waals surface area contributed by atoms with Gasteiger partial charge < -0.3 is 5.11 Å². The molecule has 0 unspecified atom stereocenters. The summed E-state index contributed by atoms with van der Waals surface area (Å²) in [5.41, 5.74) is 1.00. The summed E-state index contributed by atoms with van der Waals surface area (Å²) in [6.07, 6.45) is 1.75. The number of aliphatic hydroxyl groups is 1. The summed E-state index contributed by atoms with van der Waals surface area (Å²) in [7, 11) is -3.71. The summed E-state index contributed by atoms with van der Waals surface area (Å²) in [4.78, 5) is 0.174. The van der Waals surface area contributed by atoms with Crippen LogP contribution in [-0.4, -0.2) is 25.7 Å². The molecule has 0 spiro atoms. The van der Waals surface area contributed by atoms with E-state index in [1.54, 1.807) is 24.3 Å². The third-order valence-electron chi connectivity index (χ3n) is 3.17. The number of aryl methyl sites for hydroxylation is 1. The van der Waals surface area contributed by atoms with Crippen molar-refractivity contribution in [2.75, 3.05) is 0 Å². The summed E-state index contributed by atoms with van der Waals surface area (Å²) in [6, 6.07) is 6.58. The Hall–Kier alpha value is -0.910. The minimum absolute atomic E-state index is 0.174. The molecule has 1 fully saturated rings. The van der Waals surface area contributed by atoms with Crippen molar-refractivity contribution in [1.82, 2.24) is 0 Å². The molecule has 1 aliphatic carbocycles. The van der Waals surface area contributed by atoms with Crippen molar-refractivity contribution in [2.24, 2.45) is 0 Å². The van der Waals surface area contributed by atoms with Gasteiger partial charge in [0.15, 0.2) is 0 Å². The van der Waals surface area contributed by atoms with Crippen LogP contribution < -0.4 is 0 Å². The predicted octanol–water partition coefficient (Wildman–Crippen LogP) is 2.00. The Morgan fingerprint density at radius 2 is 1.89 bits per heavy atom. The molecule has 1 aromatic rings. The number of hydrogen-bond donors (Lipinski definition) is 1. The van der Waals surface area contributed by atoms with Crippen LogP contribution in [0, 0.1) is 6.92 Å². The Morgan fingerprint density at radius 1 is 1.22 bits per heavy atom. The van der Waals surface area contributed by atoms with Gasteiger partial charge in [-0.25, -0.2) is 0 Å². The summed E-state index contributed by atoms with van der Waals surface area (Å²) in [5.74, 6) is 0. The van der Waals surface area contributed by atoms with Crippen LogP contribution >= 0.6 is 0 Å². The smallest absolute Gasteiger partial charge is 0.297 e. The van der Waals surface area contributed by atoms with Crippen molar-refractivity contribution in [3.8, 4) is 0 Å². The normalized spacial score (nSPS) is 25.0. The molecule has 0 aliphatic heterocycles. The zero-order valence-corrected chi connectivity index (χ0v) is 11.2. The SMILES string of the molecule is Cc1ccc(S(=O)(=O)O[C@@H]2CCC[C@@H](O)C2)cc1. The number of hydrogen-bond acceptors (Lipinski definition) is 4. The molecule has 1 aliphatic rings. The zero-order chi connectivity index (χ0) is 13.2. The van der Waals surface area contributed by atoms with Gasteiger partial charge in [0, 0.05) is 6.42 Å². The van der Waals surface area contributed by atoms with E-state index in [1.807, 2.05) is 6.92 Å². The highest BCUT2D eigenvalue weighted by molar-refractivity contribution is 7.86. The third kappa shape index (κ3) is 3.31. The highest BCUT2D eigenvalue weighted by Gasteiger charge is 2.26. The molecule has 0 heterocycles. The van der Waals surface area contributed by atoms with Crippen LogP contribution in [0.1, 0.15) is 31.2 Å². The van der Waals surface area contributed by atoms with E-state index in [0.29, 0.717) is 12.8 Å². The van der Waals surface area contributed by atoms with Gasteiger partial charge in [-0.15, -0.1) is 0 Å². The van der Waals surface area contributed by atoms with Gasteiger partial charge in [-0.1, -0.05) is 17.7 Å². The molecule has 1 aromatic carbocycles. The number of benzene rings is 1. The molecule has 0 saturated heterocycles. The van der Waals surface area contributed by atoms with Crippen LogP contribution in [0.4, 0.5) is 0 Å². The van der Waals surface area contributed by atoms with Crippen LogP contribution in [0.15, 0.2) is 29.2 Å². The molecule has 18 heavy (non-hydrogen) atoms. The first-order valence-corrected chi connectivity index (χ1v) is 7.56. The molecule has 0 amide bonds. The first-order valence-electron chi connectivity index (χ1n) is 6.15. The van der Waals surface area contributed by atoms with Gasteiger partial charge in [0.05, 0.1) is 17.1 Å². The van der Waals surface area contributed by atoms with Crippen LogP contribution in [0.2, 0.25) is 0 Å². The molecule has 0 radical (unpaired) electrons. The van der Waals surface area contributed by atoms with Crippen LogP contribution in [-0.2, 0) is 14.3 Å².